The van der Waals surface area contributed by atoms with Crippen LogP contribution in [0.3, 0.4) is 0 Å². The molecule has 0 spiro atoms. The molecule has 6 nitrogen and oxygen atoms in total. The fraction of sp³-hybridized carbons (Fsp3) is 0.526. The maximum atomic E-state index is 12.8. The number of amides is 1. The van der Waals surface area contributed by atoms with Crippen LogP contribution >= 0.6 is 0 Å². The zero-order valence-electron chi connectivity index (χ0n) is 14.7. The van der Waals surface area contributed by atoms with E-state index >= 15 is 0 Å². The number of piperidine rings is 1. The van der Waals surface area contributed by atoms with Crippen LogP contribution in [0.4, 0.5) is 5.69 Å². The lowest BCUT2D eigenvalue weighted by Gasteiger charge is -2.34. The average Bonchev–Trinajstić information content (AvgIpc) is 3.37. The highest BCUT2D eigenvalue weighted by Crippen LogP contribution is 2.34. The maximum absolute atomic E-state index is 12.8. The van der Waals surface area contributed by atoms with E-state index in [1.54, 1.807) is 6.20 Å². The van der Waals surface area contributed by atoms with E-state index < -0.39 is 0 Å². The minimum Gasteiger partial charge on any atom is -0.322 e. The summed E-state index contributed by atoms with van der Waals surface area (Å²) in [5.74, 6) is 0.0728. The summed E-state index contributed by atoms with van der Waals surface area (Å²) in [4.78, 5) is 19.6. The minimum absolute atomic E-state index is 0.0728. The van der Waals surface area contributed by atoms with Crippen LogP contribution in [0.25, 0.3) is 0 Å². The molecule has 1 aliphatic carbocycles. The van der Waals surface area contributed by atoms with Crippen LogP contribution in [-0.4, -0.2) is 38.2 Å². The van der Waals surface area contributed by atoms with E-state index in [2.05, 4.69) is 33.3 Å². The van der Waals surface area contributed by atoms with Crippen LogP contribution in [0.15, 0.2) is 30.7 Å². The molecule has 3 heterocycles. The summed E-state index contributed by atoms with van der Waals surface area (Å²) in [5, 5.41) is 7.41. The molecule has 1 amide bonds. The summed E-state index contributed by atoms with van der Waals surface area (Å²) in [6, 6.07) is 4.47. The van der Waals surface area contributed by atoms with Gasteiger partial charge >= 0.3 is 0 Å². The Balaban J connectivity index is 1.44. The number of hydrogen-bond acceptors (Lipinski definition) is 4. The van der Waals surface area contributed by atoms with Gasteiger partial charge in [-0.2, -0.15) is 5.10 Å². The molecule has 1 N–H and O–H groups in total. The predicted molar refractivity (Wildman–Crippen MR) is 96.2 cm³/mol. The maximum Gasteiger partial charge on any atom is 0.241 e. The first-order valence-electron chi connectivity index (χ1n) is 9.20. The molecule has 0 unspecified atom stereocenters. The number of aromatic nitrogens is 3. The van der Waals surface area contributed by atoms with Gasteiger partial charge in [0.2, 0.25) is 5.91 Å². The number of aryl methyl sites for hydroxylation is 1. The Morgan fingerprint density at radius 3 is 3.00 bits per heavy atom. The van der Waals surface area contributed by atoms with Crippen LogP contribution < -0.4 is 5.32 Å². The van der Waals surface area contributed by atoms with Crippen LogP contribution in [-0.2, 0) is 11.3 Å². The highest BCUT2D eigenvalue weighted by atomic mass is 16.2. The van der Waals surface area contributed by atoms with Crippen molar-refractivity contribution in [3.63, 3.8) is 0 Å². The molecule has 25 heavy (non-hydrogen) atoms. The van der Waals surface area contributed by atoms with E-state index in [0.29, 0.717) is 6.04 Å². The number of anilines is 1. The second kappa shape index (κ2) is 6.96. The van der Waals surface area contributed by atoms with Crippen molar-refractivity contribution in [2.75, 3.05) is 11.9 Å². The molecule has 2 fully saturated rings. The smallest absolute Gasteiger partial charge is 0.241 e. The molecule has 6 heteroatoms. The molecule has 2 aromatic heterocycles. The lowest BCUT2D eigenvalue weighted by Crippen LogP contribution is -2.46. The van der Waals surface area contributed by atoms with E-state index in [9.17, 15) is 4.79 Å². The third-order valence-corrected chi connectivity index (χ3v) is 5.18. The van der Waals surface area contributed by atoms with Crippen LogP contribution in [0.5, 0.6) is 0 Å². The van der Waals surface area contributed by atoms with Gasteiger partial charge < -0.3 is 5.32 Å². The van der Waals surface area contributed by atoms with Gasteiger partial charge in [-0.05, 0) is 50.8 Å². The minimum atomic E-state index is -0.0977. The van der Waals surface area contributed by atoms with E-state index in [-0.39, 0.29) is 11.9 Å². The zero-order chi connectivity index (χ0) is 17.2. The van der Waals surface area contributed by atoms with Crippen molar-refractivity contribution < 1.29 is 4.79 Å². The number of nitrogens with one attached hydrogen (secondary N) is 1. The lowest BCUT2D eigenvalue weighted by molar-refractivity contribution is -0.122. The van der Waals surface area contributed by atoms with Crippen molar-refractivity contribution in [2.24, 2.45) is 0 Å². The standard InChI is InChI=1S/C19H25N5O/c1-14-5-4-9-20-17(14)13-23-10-3-2-6-18(23)19(25)22-15-11-21-24(12-15)16-7-8-16/h4-5,9,11-12,16,18H,2-3,6-8,10,13H2,1H3,(H,22,25)/t18-/m1/s1. The Hall–Kier alpha value is -2.21. The summed E-state index contributed by atoms with van der Waals surface area (Å²) < 4.78 is 1.96. The highest BCUT2D eigenvalue weighted by molar-refractivity contribution is 5.94. The van der Waals surface area contributed by atoms with Crippen molar-refractivity contribution in [2.45, 2.75) is 57.7 Å². The highest BCUT2D eigenvalue weighted by Gasteiger charge is 2.30. The Kier molecular flexibility index (Phi) is 4.53. The van der Waals surface area contributed by atoms with Gasteiger partial charge in [-0.15, -0.1) is 0 Å². The fourth-order valence-corrected chi connectivity index (χ4v) is 3.52. The van der Waals surface area contributed by atoms with Crippen LogP contribution in [0.2, 0.25) is 0 Å². The van der Waals surface area contributed by atoms with Crippen molar-refractivity contribution in [3.8, 4) is 0 Å². The van der Waals surface area contributed by atoms with Gasteiger partial charge in [0.1, 0.15) is 0 Å². The van der Waals surface area contributed by atoms with E-state index in [1.807, 2.05) is 23.1 Å². The summed E-state index contributed by atoms with van der Waals surface area (Å²) >= 11 is 0. The first-order valence-corrected chi connectivity index (χ1v) is 9.20. The van der Waals surface area contributed by atoms with Gasteiger partial charge in [0, 0.05) is 18.9 Å². The molecular formula is C19H25N5O. The summed E-state index contributed by atoms with van der Waals surface area (Å²) in [6.07, 6.45) is 11.0. The second-order valence-corrected chi connectivity index (χ2v) is 7.18. The van der Waals surface area contributed by atoms with Gasteiger partial charge in [-0.1, -0.05) is 12.5 Å². The second-order valence-electron chi connectivity index (χ2n) is 7.18. The fourth-order valence-electron chi connectivity index (χ4n) is 3.52. The lowest BCUT2D eigenvalue weighted by atomic mass is 10.0. The molecule has 2 aromatic rings. The zero-order valence-corrected chi connectivity index (χ0v) is 14.7. The topological polar surface area (TPSA) is 63.1 Å². The van der Waals surface area contributed by atoms with Crippen LogP contribution in [0.1, 0.15) is 49.4 Å². The largest absolute Gasteiger partial charge is 0.322 e. The SMILES string of the molecule is Cc1cccnc1CN1CCCC[C@@H]1C(=O)Nc1cnn(C2CC2)c1. The molecular weight excluding hydrogens is 314 g/mol. The van der Waals surface area contributed by atoms with Gasteiger partial charge in [0.25, 0.3) is 0 Å². The van der Waals surface area contributed by atoms with E-state index in [0.717, 1.165) is 43.7 Å². The summed E-state index contributed by atoms with van der Waals surface area (Å²) in [6.45, 7) is 3.75. The molecule has 1 saturated heterocycles. The number of likely N-dealkylation sites (tertiary alicyclic amines) is 1. The molecule has 132 valence electrons. The molecule has 4 rings (SSSR count). The number of pyridine rings is 1. The molecule has 0 radical (unpaired) electrons. The Labute approximate surface area is 148 Å². The van der Waals surface area contributed by atoms with Gasteiger partial charge in [0.15, 0.2) is 0 Å². The number of nitrogens with zero attached hydrogens (tertiary/aromatic N) is 4. The average molecular weight is 339 g/mol. The normalized spacial score (nSPS) is 21.2. The van der Waals surface area contributed by atoms with Crippen LogP contribution in [0, 0.1) is 6.92 Å². The first kappa shape index (κ1) is 16.3. The van der Waals surface area contributed by atoms with Crippen molar-refractivity contribution in [1.29, 1.82) is 0 Å². The third-order valence-electron chi connectivity index (χ3n) is 5.18. The summed E-state index contributed by atoms with van der Waals surface area (Å²) in [5.41, 5.74) is 3.04. The Morgan fingerprint density at radius 1 is 1.32 bits per heavy atom. The van der Waals surface area contributed by atoms with Gasteiger partial charge in [-0.3, -0.25) is 19.4 Å². The van der Waals surface area contributed by atoms with E-state index in [4.69, 9.17) is 0 Å². The monoisotopic (exact) mass is 339 g/mol. The molecule has 0 bridgehead atoms. The third kappa shape index (κ3) is 3.74. The van der Waals surface area contributed by atoms with Gasteiger partial charge in [0.05, 0.1) is 29.7 Å². The number of rotatable bonds is 5. The predicted octanol–water partition coefficient (Wildman–Crippen LogP) is 2.91. The molecule has 1 saturated carbocycles. The first-order chi connectivity index (χ1) is 12.2. The molecule has 2 aliphatic rings. The van der Waals surface area contributed by atoms with Crippen molar-refractivity contribution in [1.82, 2.24) is 19.7 Å². The molecule has 1 atom stereocenters. The quantitative estimate of drug-likeness (QED) is 0.910. The Morgan fingerprint density at radius 2 is 2.20 bits per heavy atom. The Bertz CT molecular complexity index is 752. The van der Waals surface area contributed by atoms with Crippen molar-refractivity contribution >= 4 is 11.6 Å². The number of hydrogen-bond donors (Lipinski definition) is 1. The van der Waals surface area contributed by atoms with Gasteiger partial charge in [-0.25, -0.2) is 0 Å². The molecule has 0 aromatic carbocycles. The number of carbonyl (C=O) groups excluding carboxylic acids is 1. The van der Waals surface area contributed by atoms with E-state index in [1.165, 1.54) is 18.4 Å². The summed E-state index contributed by atoms with van der Waals surface area (Å²) in [7, 11) is 0. The number of carbonyl (C=O) groups is 1. The molecule has 1 aliphatic heterocycles. The van der Waals surface area contributed by atoms with Crippen molar-refractivity contribution in [3.05, 3.63) is 42.0 Å².